The number of nitrogens with one attached hydrogen (secondary N) is 1. The smallest absolute Gasteiger partial charge is 0.326 e. The number of H-pyrrole nitrogens is 1. The van der Waals surface area contributed by atoms with Crippen LogP contribution in [-0.4, -0.2) is 52.2 Å². The largest absolute Gasteiger partial charge is 0.381 e. The van der Waals surface area contributed by atoms with Gasteiger partial charge in [-0.2, -0.15) is 0 Å². The fraction of sp³-hybridized carbons (Fsp3) is 0.556. The van der Waals surface area contributed by atoms with Gasteiger partial charge in [0.25, 0.3) is 0 Å². The van der Waals surface area contributed by atoms with E-state index in [2.05, 4.69) is 4.98 Å². The van der Waals surface area contributed by atoms with E-state index < -0.39 is 5.54 Å². The molecule has 2 fully saturated rings. The molecule has 2 aromatic rings. The molecule has 7 heteroatoms. The molecule has 4 rings (SSSR count). The number of piperidine rings is 1. The second-order valence-electron chi connectivity index (χ2n) is 7.11. The Morgan fingerprint density at radius 3 is 2.60 bits per heavy atom. The Morgan fingerprint density at radius 1 is 1.20 bits per heavy atom. The molecule has 0 atom stereocenters. The van der Waals surface area contributed by atoms with Gasteiger partial charge >= 0.3 is 5.69 Å². The number of carbonyl (C=O) groups is 1. The van der Waals surface area contributed by atoms with Crippen LogP contribution in [0, 0.1) is 0 Å². The lowest BCUT2D eigenvalue weighted by atomic mass is 9.88. The van der Waals surface area contributed by atoms with Gasteiger partial charge in [-0.25, -0.2) is 4.79 Å². The van der Waals surface area contributed by atoms with Crippen LogP contribution in [0.1, 0.15) is 31.7 Å². The predicted octanol–water partition coefficient (Wildman–Crippen LogP) is 1.00. The van der Waals surface area contributed by atoms with Crippen molar-refractivity contribution in [3.63, 3.8) is 0 Å². The van der Waals surface area contributed by atoms with Gasteiger partial charge in [0.2, 0.25) is 5.91 Å². The van der Waals surface area contributed by atoms with Crippen molar-refractivity contribution in [2.24, 2.45) is 5.73 Å². The summed E-state index contributed by atoms with van der Waals surface area (Å²) in [6.45, 7) is 2.36. The molecule has 0 bridgehead atoms. The van der Waals surface area contributed by atoms with Crippen LogP contribution in [0.2, 0.25) is 0 Å². The minimum Gasteiger partial charge on any atom is -0.381 e. The number of nitrogens with two attached hydrogens (primary N) is 1. The lowest BCUT2D eigenvalue weighted by Gasteiger charge is -2.40. The van der Waals surface area contributed by atoms with Crippen LogP contribution in [0.5, 0.6) is 0 Å². The molecule has 2 saturated heterocycles. The van der Waals surface area contributed by atoms with Crippen LogP contribution in [0.3, 0.4) is 0 Å². The summed E-state index contributed by atoms with van der Waals surface area (Å²) in [5, 5.41) is 0. The number of hydrogen-bond acceptors (Lipinski definition) is 4. The van der Waals surface area contributed by atoms with E-state index in [1.807, 2.05) is 33.7 Å². The monoisotopic (exact) mass is 344 g/mol. The Bertz CT molecular complexity index is 826. The first kappa shape index (κ1) is 16.4. The molecule has 0 unspecified atom stereocenters. The van der Waals surface area contributed by atoms with Crippen molar-refractivity contribution in [1.82, 2.24) is 14.5 Å². The number of imidazole rings is 1. The highest BCUT2D eigenvalue weighted by atomic mass is 16.5. The summed E-state index contributed by atoms with van der Waals surface area (Å²) in [5.41, 5.74) is 7.25. The summed E-state index contributed by atoms with van der Waals surface area (Å²) in [7, 11) is 0. The Balaban J connectivity index is 1.49. The summed E-state index contributed by atoms with van der Waals surface area (Å²) >= 11 is 0. The van der Waals surface area contributed by atoms with Gasteiger partial charge in [-0.1, -0.05) is 12.1 Å². The highest BCUT2D eigenvalue weighted by Crippen LogP contribution is 2.28. The van der Waals surface area contributed by atoms with Gasteiger partial charge in [-0.05, 0) is 37.8 Å². The second kappa shape index (κ2) is 6.31. The number of benzene rings is 1. The molecular formula is C18H24N4O3. The lowest BCUT2D eigenvalue weighted by Crippen LogP contribution is -2.59. The number of fused-ring (bicyclic) bond motifs is 1. The molecule has 1 aromatic carbocycles. The number of aromatic amines is 1. The molecule has 1 amide bonds. The lowest BCUT2D eigenvalue weighted by molar-refractivity contribution is -0.141. The third-order valence-electron chi connectivity index (χ3n) is 5.55. The SMILES string of the molecule is NC1(C(=O)N2CCC(n3c(=O)[nH]c4ccccc43)CC2)CCOCC1. The highest BCUT2D eigenvalue weighted by Gasteiger charge is 2.40. The summed E-state index contributed by atoms with van der Waals surface area (Å²) in [6.07, 6.45) is 2.68. The van der Waals surface area contributed by atoms with Crippen molar-refractivity contribution in [2.45, 2.75) is 37.3 Å². The number of rotatable bonds is 2. The van der Waals surface area contributed by atoms with Gasteiger partial charge in [-0.15, -0.1) is 0 Å². The normalized spacial score (nSPS) is 21.6. The second-order valence-corrected chi connectivity index (χ2v) is 7.11. The molecule has 0 saturated carbocycles. The first-order chi connectivity index (χ1) is 12.1. The molecule has 1 aromatic heterocycles. The van der Waals surface area contributed by atoms with Gasteiger partial charge in [0.05, 0.1) is 16.6 Å². The molecule has 3 heterocycles. The molecule has 7 nitrogen and oxygen atoms in total. The molecule has 25 heavy (non-hydrogen) atoms. The molecule has 134 valence electrons. The first-order valence-corrected chi connectivity index (χ1v) is 8.94. The Morgan fingerprint density at radius 2 is 1.88 bits per heavy atom. The van der Waals surface area contributed by atoms with E-state index >= 15 is 0 Å². The Hall–Kier alpha value is -2.12. The molecule has 3 N–H and O–H groups in total. The quantitative estimate of drug-likeness (QED) is 0.850. The highest BCUT2D eigenvalue weighted by molar-refractivity contribution is 5.86. The van der Waals surface area contributed by atoms with E-state index in [9.17, 15) is 9.59 Å². The van der Waals surface area contributed by atoms with Crippen molar-refractivity contribution < 1.29 is 9.53 Å². The number of likely N-dealkylation sites (tertiary alicyclic amines) is 1. The average Bonchev–Trinajstić information content (AvgIpc) is 2.97. The van der Waals surface area contributed by atoms with Gasteiger partial charge in [0.1, 0.15) is 0 Å². The third-order valence-corrected chi connectivity index (χ3v) is 5.55. The Labute approximate surface area is 145 Å². The first-order valence-electron chi connectivity index (χ1n) is 8.94. The van der Waals surface area contributed by atoms with Crippen LogP contribution in [0.4, 0.5) is 0 Å². The van der Waals surface area contributed by atoms with E-state index in [0.29, 0.717) is 39.1 Å². The van der Waals surface area contributed by atoms with Crippen molar-refractivity contribution in [2.75, 3.05) is 26.3 Å². The van der Waals surface area contributed by atoms with Crippen LogP contribution in [0.15, 0.2) is 29.1 Å². The minimum atomic E-state index is -0.789. The summed E-state index contributed by atoms with van der Waals surface area (Å²) in [6, 6.07) is 7.83. The van der Waals surface area contributed by atoms with Crippen LogP contribution in [0.25, 0.3) is 11.0 Å². The third kappa shape index (κ3) is 2.87. The number of hydrogen-bond donors (Lipinski definition) is 2. The van der Waals surface area contributed by atoms with Gasteiger partial charge < -0.3 is 20.4 Å². The predicted molar refractivity (Wildman–Crippen MR) is 94.4 cm³/mol. The molecule has 0 aliphatic carbocycles. The van der Waals surface area contributed by atoms with Gasteiger partial charge in [0, 0.05) is 32.3 Å². The van der Waals surface area contributed by atoms with Crippen LogP contribution < -0.4 is 11.4 Å². The molecular weight excluding hydrogens is 320 g/mol. The number of ether oxygens (including phenoxy) is 1. The minimum absolute atomic E-state index is 0.0283. The topological polar surface area (TPSA) is 93.4 Å². The number of carbonyl (C=O) groups excluding carboxylic acids is 1. The molecule has 0 radical (unpaired) electrons. The maximum atomic E-state index is 12.8. The number of para-hydroxylation sites is 2. The van der Waals surface area contributed by atoms with Crippen molar-refractivity contribution in [3.05, 3.63) is 34.7 Å². The summed E-state index contributed by atoms with van der Waals surface area (Å²) in [5.74, 6) is 0.0283. The van der Waals surface area contributed by atoms with Crippen molar-refractivity contribution in [1.29, 1.82) is 0 Å². The van der Waals surface area contributed by atoms with E-state index in [-0.39, 0.29) is 17.6 Å². The van der Waals surface area contributed by atoms with E-state index in [4.69, 9.17) is 10.5 Å². The molecule has 2 aliphatic heterocycles. The molecule has 2 aliphatic rings. The van der Waals surface area contributed by atoms with Crippen molar-refractivity contribution >= 4 is 16.9 Å². The number of amides is 1. The fourth-order valence-electron chi connectivity index (χ4n) is 4.03. The standard InChI is InChI=1S/C18H24N4O3/c19-18(7-11-25-12-8-18)16(23)21-9-5-13(6-10-21)22-15-4-2-1-3-14(15)20-17(22)24/h1-4,13H,5-12,19H2,(H,20,24). The maximum Gasteiger partial charge on any atom is 0.326 e. The summed E-state index contributed by atoms with van der Waals surface area (Å²) < 4.78 is 7.17. The maximum absolute atomic E-state index is 12.8. The zero-order valence-corrected chi connectivity index (χ0v) is 14.2. The van der Waals surface area contributed by atoms with Crippen LogP contribution >= 0.6 is 0 Å². The zero-order valence-electron chi connectivity index (χ0n) is 14.2. The zero-order chi connectivity index (χ0) is 17.4. The summed E-state index contributed by atoms with van der Waals surface area (Å²) in [4.78, 5) is 29.9. The average molecular weight is 344 g/mol. The van der Waals surface area contributed by atoms with Crippen LogP contribution in [-0.2, 0) is 9.53 Å². The fourth-order valence-corrected chi connectivity index (χ4v) is 4.03. The van der Waals surface area contributed by atoms with E-state index in [0.717, 1.165) is 23.9 Å². The Kier molecular flexibility index (Phi) is 4.13. The van der Waals surface area contributed by atoms with Gasteiger partial charge in [0.15, 0.2) is 0 Å². The van der Waals surface area contributed by atoms with Crippen molar-refractivity contribution in [3.8, 4) is 0 Å². The van der Waals surface area contributed by atoms with E-state index in [1.54, 1.807) is 0 Å². The van der Waals surface area contributed by atoms with Gasteiger partial charge in [-0.3, -0.25) is 9.36 Å². The number of aromatic nitrogens is 2. The van der Waals surface area contributed by atoms with E-state index in [1.165, 1.54) is 0 Å². The number of nitrogens with zero attached hydrogens (tertiary/aromatic N) is 2. The molecule has 0 spiro atoms.